The Bertz CT molecular complexity index is 254. The maximum Gasteiger partial charge on any atom is 0.228 e. The number of carbonyl (C=O) groups is 1. The fourth-order valence-corrected chi connectivity index (χ4v) is 2.25. The zero-order valence-corrected chi connectivity index (χ0v) is 11.9. The Hall–Kier alpha value is -0.360. The van der Waals surface area contributed by atoms with Crippen LogP contribution in [0.5, 0.6) is 0 Å². The van der Waals surface area contributed by atoms with Crippen LogP contribution in [0.15, 0.2) is 0 Å². The van der Waals surface area contributed by atoms with Crippen molar-refractivity contribution in [2.75, 3.05) is 59.0 Å². The van der Waals surface area contributed by atoms with Gasteiger partial charge >= 0.3 is 0 Å². The fraction of sp³-hybridized carbons (Fsp3) is 0.917. The van der Waals surface area contributed by atoms with Crippen LogP contribution in [0.25, 0.3) is 0 Å². The molecule has 0 radical (unpaired) electrons. The first-order valence-corrected chi connectivity index (χ1v) is 6.61. The first kappa shape index (κ1) is 15.7. The van der Waals surface area contributed by atoms with E-state index in [-0.39, 0.29) is 18.3 Å². The van der Waals surface area contributed by atoms with Gasteiger partial charge in [-0.25, -0.2) is 0 Å². The van der Waals surface area contributed by atoms with Crippen molar-refractivity contribution in [2.24, 2.45) is 5.92 Å². The minimum absolute atomic E-state index is 0. The van der Waals surface area contributed by atoms with Crippen molar-refractivity contribution in [3.63, 3.8) is 0 Å². The predicted molar refractivity (Wildman–Crippen MR) is 73.1 cm³/mol. The number of rotatable bonds is 5. The Morgan fingerprint density at radius 2 is 1.94 bits per heavy atom. The van der Waals surface area contributed by atoms with E-state index in [1.807, 2.05) is 11.8 Å². The van der Waals surface area contributed by atoms with Gasteiger partial charge in [0.15, 0.2) is 0 Å². The van der Waals surface area contributed by atoms with Gasteiger partial charge in [-0.15, -0.1) is 12.4 Å². The molecule has 0 saturated carbocycles. The molecule has 106 valence electrons. The Balaban J connectivity index is 0.00000162. The molecule has 2 rings (SSSR count). The van der Waals surface area contributed by atoms with Gasteiger partial charge in [0.1, 0.15) is 0 Å². The molecule has 0 aromatic heterocycles. The first-order chi connectivity index (χ1) is 8.31. The summed E-state index contributed by atoms with van der Waals surface area (Å²) in [5.74, 6) is 0.582. The van der Waals surface area contributed by atoms with Crippen LogP contribution >= 0.6 is 12.4 Å². The van der Waals surface area contributed by atoms with E-state index >= 15 is 0 Å². The Kier molecular flexibility index (Phi) is 6.92. The number of ether oxygens (including phenoxy) is 1. The van der Waals surface area contributed by atoms with E-state index in [9.17, 15) is 4.79 Å². The van der Waals surface area contributed by atoms with E-state index in [0.29, 0.717) is 5.91 Å². The molecule has 1 amide bonds. The second kappa shape index (κ2) is 7.94. The molecular weight excluding hydrogens is 254 g/mol. The molecule has 5 nitrogen and oxygen atoms in total. The molecule has 2 saturated heterocycles. The number of hydrogen-bond donors (Lipinski definition) is 1. The van der Waals surface area contributed by atoms with Crippen LogP contribution in [-0.4, -0.2) is 74.7 Å². The third-order valence-corrected chi connectivity index (χ3v) is 3.57. The van der Waals surface area contributed by atoms with Gasteiger partial charge in [-0.1, -0.05) is 0 Å². The summed E-state index contributed by atoms with van der Waals surface area (Å²) in [6.45, 7) is 10.0. The van der Waals surface area contributed by atoms with Crippen molar-refractivity contribution >= 4 is 18.3 Å². The minimum Gasteiger partial charge on any atom is -0.380 e. The number of carbonyl (C=O) groups excluding carboxylic acids is 1. The lowest BCUT2D eigenvalue weighted by Gasteiger charge is -2.38. The average molecular weight is 278 g/mol. The summed E-state index contributed by atoms with van der Waals surface area (Å²) in [5, 5.41) is 3.15. The van der Waals surface area contributed by atoms with Gasteiger partial charge in [0.25, 0.3) is 0 Å². The maximum absolute atomic E-state index is 12.0. The van der Waals surface area contributed by atoms with Gasteiger partial charge in [0.05, 0.1) is 12.5 Å². The van der Waals surface area contributed by atoms with Crippen LogP contribution < -0.4 is 5.32 Å². The van der Waals surface area contributed by atoms with Crippen LogP contribution in [-0.2, 0) is 9.53 Å². The molecule has 0 aromatic carbocycles. The highest BCUT2D eigenvalue weighted by molar-refractivity contribution is 5.85. The van der Waals surface area contributed by atoms with E-state index in [2.05, 4.69) is 10.2 Å². The highest BCUT2D eigenvalue weighted by Crippen LogP contribution is 2.10. The molecule has 0 aliphatic carbocycles. The van der Waals surface area contributed by atoms with E-state index in [1.54, 1.807) is 0 Å². The molecule has 1 N–H and O–H groups in total. The third kappa shape index (κ3) is 4.09. The maximum atomic E-state index is 12.0. The van der Waals surface area contributed by atoms with Gasteiger partial charge in [-0.05, 0) is 6.92 Å². The smallest absolute Gasteiger partial charge is 0.228 e. The van der Waals surface area contributed by atoms with Crippen molar-refractivity contribution in [3.05, 3.63) is 0 Å². The van der Waals surface area contributed by atoms with Gasteiger partial charge in [-0.3, -0.25) is 9.69 Å². The number of nitrogens with one attached hydrogen (secondary N) is 1. The highest BCUT2D eigenvalue weighted by atomic mass is 35.5. The standard InChI is InChI=1S/C12H23N3O2.ClH/c1-2-17-8-7-14-3-5-15(6-4-14)12(16)11-9-13-10-11;/h11,13H,2-10H2,1H3;1H. The summed E-state index contributed by atoms with van der Waals surface area (Å²) in [6, 6.07) is 0. The number of piperazine rings is 1. The largest absolute Gasteiger partial charge is 0.380 e. The van der Waals surface area contributed by atoms with Crippen LogP contribution in [0.1, 0.15) is 6.92 Å². The summed E-state index contributed by atoms with van der Waals surface area (Å²) in [5.41, 5.74) is 0. The lowest BCUT2D eigenvalue weighted by molar-refractivity contribution is -0.138. The third-order valence-electron chi connectivity index (χ3n) is 3.57. The van der Waals surface area contributed by atoms with E-state index < -0.39 is 0 Å². The number of nitrogens with zero attached hydrogens (tertiary/aromatic N) is 2. The molecular formula is C12H24ClN3O2. The predicted octanol–water partition coefficient (Wildman–Crippen LogP) is -0.192. The second-order valence-corrected chi connectivity index (χ2v) is 4.72. The van der Waals surface area contributed by atoms with E-state index in [4.69, 9.17) is 4.74 Å². The molecule has 6 heteroatoms. The van der Waals surface area contributed by atoms with Crippen LogP contribution in [0.2, 0.25) is 0 Å². The Morgan fingerprint density at radius 1 is 1.28 bits per heavy atom. The SMILES string of the molecule is CCOCCN1CCN(C(=O)C2CNC2)CC1.Cl. The summed E-state index contributed by atoms with van der Waals surface area (Å²) in [7, 11) is 0. The molecule has 0 aromatic rings. The van der Waals surface area contributed by atoms with E-state index in [1.165, 1.54) is 0 Å². The Labute approximate surface area is 115 Å². The molecule has 0 spiro atoms. The second-order valence-electron chi connectivity index (χ2n) is 4.72. The molecule has 0 bridgehead atoms. The zero-order valence-electron chi connectivity index (χ0n) is 11.1. The fourth-order valence-electron chi connectivity index (χ4n) is 2.25. The highest BCUT2D eigenvalue weighted by Gasteiger charge is 2.30. The topological polar surface area (TPSA) is 44.8 Å². The number of amides is 1. The lowest BCUT2D eigenvalue weighted by atomic mass is 10.0. The molecule has 0 unspecified atom stereocenters. The van der Waals surface area contributed by atoms with Gasteiger partial charge < -0.3 is 15.0 Å². The summed E-state index contributed by atoms with van der Waals surface area (Å²) >= 11 is 0. The first-order valence-electron chi connectivity index (χ1n) is 6.61. The van der Waals surface area contributed by atoms with Crippen LogP contribution in [0.4, 0.5) is 0 Å². The van der Waals surface area contributed by atoms with Gasteiger partial charge in [0.2, 0.25) is 5.91 Å². The monoisotopic (exact) mass is 277 g/mol. The minimum atomic E-state index is 0. The molecule has 2 aliphatic heterocycles. The molecule has 2 aliphatic rings. The van der Waals surface area contributed by atoms with Crippen molar-refractivity contribution < 1.29 is 9.53 Å². The molecule has 0 atom stereocenters. The summed E-state index contributed by atoms with van der Waals surface area (Å²) in [4.78, 5) is 16.4. The van der Waals surface area contributed by atoms with Crippen LogP contribution in [0, 0.1) is 5.92 Å². The quantitative estimate of drug-likeness (QED) is 0.708. The zero-order chi connectivity index (χ0) is 12.1. The summed E-state index contributed by atoms with van der Waals surface area (Å²) in [6.07, 6.45) is 0. The van der Waals surface area contributed by atoms with Crippen molar-refractivity contribution in [1.82, 2.24) is 15.1 Å². The lowest BCUT2D eigenvalue weighted by Crippen LogP contribution is -2.56. The average Bonchev–Trinajstić information content (AvgIpc) is 2.28. The van der Waals surface area contributed by atoms with Crippen LogP contribution in [0.3, 0.4) is 0 Å². The van der Waals surface area contributed by atoms with Crippen molar-refractivity contribution in [2.45, 2.75) is 6.92 Å². The van der Waals surface area contributed by atoms with Crippen molar-refractivity contribution in [1.29, 1.82) is 0 Å². The summed E-state index contributed by atoms with van der Waals surface area (Å²) < 4.78 is 5.34. The molecule has 18 heavy (non-hydrogen) atoms. The van der Waals surface area contributed by atoms with E-state index in [0.717, 1.165) is 59.0 Å². The normalized spacial score (nSPS) is 21.3. The Morgan fingerprint density at radius 3 is 2.44 bits per heavy atom. The van der Waals surface area contributed by atoms with Gasteiger partial charge in [0, 0.05) is 52.4 Å². The van der Waals surface area contributed by atoms with Gasteiger partial charge in [-0.2, -0.15) is 0 Å². The van der Waals surface area contributed by atoms with Crippen molar-refractivity contribution in [3.8, 4) is 0 Å². The molecule has 2 heterocycles. The number of hydrogen-bond acceptors (Lipinski definition) is 4. The molecule has 2 fully saturated rings. The number of halogens is 1.